The van der Waals surface area contributed by atoms with Gasteiger partial charge in [0, 0.05) is 0 Å². The molecule has 0 bridgehead atoms. The van der Waals surface area contributed by atoms with Crippen molar-refractivity contribution >= 4 is 0 Å². The fourth-order valence-corrected chi connectivity index (χ4v) is 2.18. The van der Waals surface area contributed by atoms with Gasteiger partial charge in [-0.3, -0.25) is 0 Å². The molecule has 1 aliphatic rings. The molecule has 0 saturated carbocycles. The van der Waals surface area contributed by atoms with Crippen molar-refractivity contribution in [3.8, 4) is 0 Å². The molecule has 1 aliphatic carbocycles. The van der Waals surface area contributed by atoms with E-state index in [4.69, 9.17) is 0 Å². The van der Waals surface area contributed by atoms with E-state index in [0.29, 0.717) is 5.41 Å². The lowest BCUT2D eigenvalue weighted by Crippen LogP contribution is -2.18. The van der Waals surface area contributed by atoms with E-state index in [9.17, 15) is 0 Å². The molecule has 0 heterocycles. The minimum absolute atomic E-state index is 0.441. The number of hydrogen-bond donors (Lipinski definition) is 0. The molecule has 0 N–H and O–H groups in total. The highest BCUT2D eigenvalue weighted by molar-refractivity contribution is 5.14. The summed E-state index contributed by atoms with van der Waals surface area (Å²) in [6, 6.07) is 0. The summed E-state index contributed by atoms with van der Waals surface area (Å²) in [5.74, 6) is 0.809. The molecule has 0 aromatic heterocycles. The molecule has 74 valence electrons. The van der Waals surface area contributed by atoms with Crippen molar-refractivity contribution in [3.05, 3.63) is 23.8 Å². The van der Waals surface area contributed by atoms with Crippen LogP contribution in [0.1, 0.15) is 47.0 Å². The third-order valence-corrected chi connectivity index (χ3v) is 3.06. The third kappa shape index (κ3) is 3.02. The number of rotatable bonds is 2. The summed E-state index contributed by atoms with van der Waals surface area (Å²) in [5, 5.41) is 0. The molecule has 0 radical (unpaired) electrons. The maximum Gasteiger partial charge on any atom is -0.0171 e. The summed E-state index contributed by atoms with van der Waals surface area (Å²) in [5.41, 5.74) is 2.03. The Kier molecular flexibility index (Phi) is 3.35. The molecule has 0 aromatic carbocycles. The Balaban J connectivity index is 2.62. The molecule has 0 unspecified atom stereocenters. The summed E-state index contributed by atoms with van der Waals surface area (Å²) < 4.78 is 0. The maximum absolute atomic E-state index is 2.46. The lowest BCUT2D eigenvalue weighted by Gasteiger charge is -2.31. The summed E-state index contributed by atoms with van der Waals surface area (Å²) >= 11 is 0. The van der Waals surface area contributed by atoms with E-state index in [1.54, 1.807) is 5.57 Å². The predicted octanol–water partition coefficient (Wildman–Crippen LogP) is 4.34. The Bertz CT molecular complexity index is 218. The summed E-state index contributed by atoms with van der Waals surface area (Å²) in [6.45, 7) is 9.06. The molecular formula is C13H22. The van der Waals surface area contributed by atoms with Gasteiger partial charge in [0.05, 0.1) is 0 Å². The molecule has 13 heavy (non-hydrogen) atoms. The van der Waals surface area contributed by atoms with E-state index in [0.717, 1.165) is 5.92 Å². The van der Waals surface area contributed by atoms with E-state index < -0.39 is 0 Å². The van der Waals surface area contributed by atoms with Gasteiger partial charge in [-0.2, -0.15) is 0 Å². The van der Waals surface area contributed by atoms with Crippen molar-refractivity contribution in [2.75, 3.05) is 0 Å². The highest BCUT2D eigenvalue weighted by atomic mass is 14.3. The Morgan fingerprint density at radius 3 is 2.77 bits per heavy atom. The van der Waals surface area contributed by atoms with Crippen LogP contribution in [0.25, 0.3) is 0 Å². The van der Waals surface area contributed by atoms with Crippen molar-refractivity contribution in [1.29, 1.82) is 0 Å². The van der Waals surface area contributed by atoms with E-state index in [-0.39, 0.29) is 0 Å². The molecule has 1 rings (SSSR count). The molecule has 0 saturated heterocycles. The third-order valence-electron chi connectivity index (χ3n) is 3.06. The van der Waals surface area contributed by atoms with Crippen LogP contribution in [0.3, 0.4) is 0 Å². The second kappa shape index (κ2) is 4.13. The summed E-state index contributed by atoms with van der Waals surface area (Å²) in [6.07, 6.45) is 10.8. The van der Waals surface area contributed by atoms with Crippen LogP contribution in [0.2, 0.25) is 0 Å². The van der Waals surface area contributed by atoms with E-state index in [2.05, 4.69) is 45.9 Å². The fraction of sp³-hybridized carbons (Fsp3) is 0.692. The lowest BCUT2D eigenvalue weighted by molar-refractivity contribution is 0.347. The topological polar surface area (TPSA) is 0 Å². The Morgan fingerprint density at radius 2 is 2.23 bits per heavy atom. The predicted molar refractivity (Wildman–Crippen MR) is 59.7 cm³/mol. The zero-order valence-electron chi connectivity index (χ0n) is 9.43. The van der Waals surface area contributed by atoms with Crippen molar-refractivity contribution < 1.29 is 0 Å². The normalized spacial score (nSPS) is 27.7. The highest BCUT2D eigenvalue weighted by Gasteiger charge is 2.24. The van der Waals surface area contributed by atoms with Crippen LogP contribution < -0.4 is 0 Å². The van der Waals surface area contributed by atoms with E-state index in [1.165, 1.54) is 19.3 Å². The van der Waals surface area contributed by atoms with Gasteiger partial charge in [0.15, 0.2) is 0 Å². The molecule has 0 fully saturated rings. The van der Waals surface area contributed by atoms with Crippen molar-refractivity contribution in [1.82, 2.24) is 0 Å². The van der Waals surface area contributed by atoms with Gasteiger partial charge >= 0.3 is 0 Å². The molecule has 0 spiro atoms. The second-order valence-corrected chi connectivity index (χ2v) is 4.92. The zero-order valence-corrected chi connectivity index (χ0v) is 9.43. The SMILES string of the molecule is C/C=C/C[C@H]1CCC(C)(C)C=C1C. The average molecular weight is 178 g/mol. The van der Waals surface area contributed by atoms with E-state index in [1.807, 2.05) is 0 Å². The van der Waals surface area contributed by atoms with Gasteiger partial charge in [-0.25, -0.2) is 0 Å². The Hall–Kier alpha value is -0.520. The standard InChI is InChI=1S/C13H22/c1-5-6-7-12-8-9-13(3,4)10-11(12)2/h5-6,10,12H,7-9H2,1-4H3/b6-5+/t12-/m0/s1. The van der Waals surface area contributed by atoms with E-state index >= 15 is 0 Å². The molecule has 0 nitrogen and oxygen atoms in total. The van der Waals surface area contributed by atoms with Crippen molar-refractivity contribution in [3.63, 3.8) is 0 Å². The summed E-state index contributed by atoms with van der Waals surface area (Å²) in [4.78, 5) is 0. The van der Waals surface area contributed by atoms with Crippen LogP contribution in [0.4, 0.5) is 0 Å². The quantitative estimate of drug-likeness (QED) is 0.552. The molecule has 0 aliphatic heterocycles. The van der Waals surface area contributed by atoms with Crippen LogP contribution in [-0.4, -0.2) is 0 Å². The smallest absolute Gasteiger partial charge is 0.0171 e. The summed E-state index contributed by atoms with van der Waals surface area (Å²) in [7, 11) is 0. The van der Waals surface area contributed by atoms with Crippen LogP contribution in [-0.2, 0) is 0 Å². The number of allylic oxidation sites excluding steroid dienone is 4. The first-order chi connectivity index (χ1) is 6.05. The lowest BCUT2D eigenvalue weighted by atomic mass is 9.74. The van der Waals surface area contributed by atoms with Gasteiger partial charge in [0.2, 0.25) is 0 Å². The molecule has 0 aromatic rings. The Labute approximate surface area is 82.7 Å². The maximum atomic E-state index is 2.46. The Morgan fingerprint density at radius 1 is 1.54 bits per heavy atom. The second-order valence-electron chi connectivity index (χ2n) is 4.92. The average Bonchev–Trinajstić information content (AvgIpc) is 2.02. The molecule has 0 heteroatoms. The van der Waals surface area contributed by atoms with Crippen LogP contribution in [0.5, 0.6) is 0 Å². The van der Waals surface area contributed by atoms with Crippen molar-refractivity contribution in [2.45, 2.75) is 47.0 Å². The minimum Gasteiger partial charge on any atom is -0.0916 e. The van der Waals surface area contributed by atoms with Gasteiger partial charge < -0.3 is 0 Å². The fourth-order valence-electron chi connectivity index (χ4n) is 2.18. The number of hydrogen-bond acceptors (Lipinski definition) is 0. The molecule has 0 amide bonds. The van der Waals surface area contributed by atoms with Crippen LogP contribution in [0, 0.1) is 11.3 Å². The van der Waals surface area contributed by atoms with Crippen LogP contribution >= 0.6 is 0 Å². The zero-order chi connectivity index (χ0) is 9.90. The highest BCUT2D eigenvalue weighted by Crippen LogP contribution is 2.37. The first kappa shape index (κ1) is 10.6. The van der Waals surface area contributed by atoms with Gasteiger partial charge in [0.25, 0.3) is 0 Å². The molecular weight excluding hydrogens is 156 g/mol. The van der Waals surface area contributed by atoms with Crippen molar-refractivity contribution in [2.24, 2.45) is 11.3 Å². The van der Waals surface area contributed by atoms with Gasteiger partial charge in [0.1, 0.15) is 0 Å². The van der Waals surface area contributed by atoms with Gasteiger partial charge in [-0.1, -0.05) is 37.6 Å². The van der Waals surface area contributed by atoms with Gasteiger partial charge in [-0.15, -0.1) is 0 Å². The monoisotopic (exact) mass is 178 g/mol. The largest absolute Gasteiger partial charge is 0.0916 e. The first-order valence-electron chi connectivity index (χ1n) is 5.36. The minimum atomic E-state index is 0.441. The van der Waals surface area contributed by atoms with Crippen LogP contribution in [0.15, 0.2) is 23.8 Å². The first-order valence-corrected chi connectivity index (χ1v) is 5.36. The van der Waals surface area contributed by atoms with Gasteiger partial charge in [-0.05, 0) is 44.4 Å². The molecule has 1 atom stereocenters.